The van der Waals surface area contributed by atoms with Gasteiger partial charge in [0.25, 0.3) is 5.56 Å². The molecule has 7 N–H and O–H groups in total. The number of hydrogen-bond acceptors (Lipinski definition) is 7. The van der Waals surface area contributed by atoms with E-state index in [-0.39, 0.29) is 30.3 Å². The molecule has 0 aliphatic carbocycles. The highest BCUT2D eigenvalue weighted by molar-refractivity contribution is 5.85. The number of benzene rings is 1. The van der Waals surface area contributed by atoms with Crippen LogP contribution in [0, 0.1) is 5.92 Å². The summed E-state index contributed by atoms with van der Waals surface area (Å²) in [5.41, 5.74) is 12.4. The Morgan fingerprint density at radius 1 is 1.31 bits per heavy atom. The normalized spacial score (nSPS) is 12.0. The molecule has 2 aromatic rings. The maximum Gasteiger partial charge on any atom is 0.328 e. The predicted octanol–water partition coefficient (Wildman–Crippen LogP) is 0.502. The van der Waals surface area contributed by atoms with Gasteiger partial charge in [0.2, 0.25) is 5.95 Å². The van der Waals surface area contributed by atoms with Crippen LogP contribution in [-0.2, 0) is 16.0 Å². The molecule has 26 heavy (non-hydrogen) atoms. The van der Waals surface area contributed by atoms with Crippen LogP contribution in [-0.4, -0.2) is 33.9 Å². The van der Waals surface area contributed by atoms with Gasteiger partial charge in [-0.3, -0.25) is 9.78 Å². The fourth-order valence-corrected chi connectivity index (χ4v) is 2.29. The van der Waals surface area contributed by atoms with Crippen LogP contribution >= 0.6 is 0 Å². The molecule has 0 amide bonds. The summed E-state index contributed by atoms with van der Waals surface area (Å²) in [5, 5.41) is 11.7. The van der Waals surface area contributed by atoms with Crippen LogP contribution in [0.4, 0.5) is 17.5 Å². The smallest absolute Gasteiger partial charge is 0.328 e. The fourth-order valence-electron chi connectivity index (χ4n) is 2.29. The van der Waals surface area contributed by atoms with Crippen LogP contribution in [0.5, 0.6) is 0 Å². The maximum atomic E-state index is 11.9. The first-order valence-electron chi connectivity index (χ1n) is 7.73. The van der Waals surface area contributed by atoms with Crippen LogP contribution in [0.15, 0.2) is 35.1 Å². The largest absolute Gasteiger partial charge is 0.478 e. The summed E-state index contributed by atoms with van der Waals surface area (Å²) in [7, 11) is 0. The molecule has 0 bridgehead atoms. The Morgan fingerprint density at radius 2 is 2.00 bits per heavy atom. The molecule has 9 nitrogen and oxygen atoms in total. The molecule has 1 unspecified atom stereocenters. The van der Waals surface area contributed by atoms with Gasteiger partial charge in [-0.05, 0) is 30.2 Å². The zero-order valence-corrected chi connectivity index (χ0v) is 13.8. The first-order chi connectivity index (χ1) is 12.4. The molecule has 1 atom stereocenters. The van der Waals surface area contributed by atoms with Gasteiger partial charge in [-0.2, -0.15) is 4.98 Å². The molecule has 9 heteroatoms. The van der Waals surface area contributed by atoms with E-state index in [1.807, 2.05) is 0 Å². The number of nitrogens with zero attached hydrogens (tertiary/aromatic N) is 1. The van der Waals surface area contributed by atoms with E-state index in [4.69, 9.17) is 16.6 Å². The van der Waals surface area contributed by atoms with Crippen LogP contribution in [0.2, 0.25) is 0 Å². The second kappa shape index (κ2) is 8.47. The summed E-state index contributed by atoms with van der Waals surface area (Å²) in [6, 6.07) is 7.00. The zero-order chi connectivity index (χ0) is 19.1. The van der Waals surface area contributed by atoms with Gasteiger partial charge in [0, 0.05) is 24.2 Å². The molecule has 0 radical (unpaired) electrons. The molecule has 0 saturated carbocycles. The molecule has 136 valence electrons. The standard InChI is InChI=1S/C17H19N5O4/c18-15-13(16(26)22-17(19)21-15)7-11(9-23)8-20-12-4-1-10(2-5-12)3-6-14(24)25/h1-6,9,11,20H,7-8H2,(H,24,25)(H5,18,19,21,22,26)/b6-3+. The summed E-state index contributed by atoms with van der Waals surface area (Å²) in [4.78, 5) is 39.9. The van der Waals surface area contributed by atoms with Crippen molar-refractivity contribution in [3.63, 3.8) is 0 Å². The number of anilines is 3. The Hall–Kier alpha value is -3.62. The average molecular weight is 357 g/mol. The van der Waals surface area contributed by atoms with Gasteiger partial charge in [-0.15, -0.1) is 0 Å². The average Bonchev–Trinajstić information content (AvgIpc) is 2.59. The number of carboxylic acid groups (broad SMARTS) is 1. The molecule has 1 aromatic carbocycles. The Bertz CT molecular complexity index is 874. The number of nitrogen functional groups attached to an aromatic ring is 2. The van der Waals surface area contributed by atoms with Gasteiger partial charge in [-0.25, -0.2) is 4.79 Å². The van der Waals surface area contributed by atoms with Crippen molar-refractivity contribution in [3.05, 3.63) is 51.8 Å². The van der Waals surface area contributed by atoms with Gasteiger partial charge >= 0.3 is 5.97 Å². The van der Waals surface area contributed by atoms with Crippen molar-refractivity contribution >= 4 is 35.8 Å². The summed E-state index contributed by atoms with van der Waals surface area (Å²) < 4.78 is 0. The third-order valence-electron chi connectivity index (χ3n) is 3.62. The third kappa shape index (κ3) is 5.20. The SMILES string of the molecule is Nc1nc(N)c(CC(C=O)CNc2ccc(/C=C/C(=O)O)cc2)c(=O)[nH]1. The Kier molecular flexibility index (Phi) is 6.10. The minimum absolute atomic E-state index is 0.00710. The van der Waals surface area contributed by atoms with E-state index in [1.165, 1.54) is 6.08 Å². The van der Waals surface area contributed by atoms with E-state index in [9.17, 15) is 14.4 Å². The first kappa shape index (κ1) is 18.7. The lowest BCUT2D eigenvalue weighted by Crippen LogP contribution is -2.25. The number of nitrogens with two attached hydrogens (primary N) is 2. The number of carbonyl (C=O) groups is 2. The number of aromatic nitrogens is 2. The van der Waals surface area contributed by atoms with Crippen LogP contribution in [0.3, 0.4) is 0 Å². The number of aromatic amines is 1. The second-order valence-corrected chi connectivity index (χ2v) is 5.59. The van der Waals surface area contributed by atoms with Gasteiger partial charge in [0.05, 0.1) is 5.56 Å². The number of H-pyrrole nitrogens is 1. The summed E-state index contributed by atoms with van der Waals surface area (Å²) in [6.45, 7) is 0.289. The van der Waals surface area contributed by atoms with E-state index >= 15 is 0 Å². The Labute approximate surface area is 148 Å². The summed E-state index contributed by atoms with van der Waals surface area (Å²) in [5.74, 6) is -1.58. The topological polar surface area (TPSA) is 164 Å². The zero-order valence-electron chi connectivity index (χ0n) is 13.8. The van der Waals surface area contributed by atoms with Gasteiger partial charge in [0.15, 0.2) is 0 Å². The Morgan fingerprint density at radius 3 is 2.58 bits per heavy atom. The van der Waals surface area contributed by atoms with Gasteiger partial charge in [0.1, 0.15) is 12.1 Å². The lowest BCUT2D eigenvalue weighted by molar-refractivity contribution is -0.131. The number of carbonyl (C=O) groups excluding carboxylic acids is 1. The minimum atomic E-state index is -1.02. The van der Waals surface area contributed by atoms with E-state index in [2.05, 4.69) is 15.3 Å². The van der Waals surface area contributed by atoms with E-state index in [0.717, 1.165) is 23.6 Å². The van der Waals surface area contributed by atoms with Crippen molar-refractivity contribution in [2.24, 2.45) is 5.92 Å². The van der Waals surface area contributed by atoms with Gasteiger partial charge in [-0.1, -0.05) is 12.1 Å². The number of carboxylic acids is 1. The molecule has 1 heterocycles. The monoisotopic (exact) mass is 357 g/mol. The Balaban J connectivity index is 2.00. The van der Waals surface area contributed by atoms with Crippen molar-refractivity contribution in [3.8, 4) is 0 Å². The summed E-state index contributed by atoms with van der Waals surface area (Å²) >= 11 is 0. The number of rotatable bonds is 8. The number of nitrogens with one attached hydrogen (secondary N) is 2. The van der Waals surface area contributed by atoms with Crippen molar-refractivity contribution in [1.29, 1.82) is 0 Å². The third-order valence-corrected chi connectivity index (χ3v) is 3.62. The van der Waals surface area contributed by atoms with Crippen LogP contribution in [0.1, 0.15) is 11.1 Å². The molecule has 0 aliphatic rings. The summed E-state index contributed by atoms with van der Waals surface area (Å²) in [6.07, 6.45) is 3.40. The van der Waals surface area contributed by atoms with E-state index in [0.29, 0.717) is 0 Å². The lowest BCUT2D eigenvalue weighted by Gasteiger charge is -2.13. The molecule has 0 saturated heterocycles. The molecule has 0 fully saturated rings. The highest BCUT2D eigenvalue weighted by atomic mass is 16.4. The fraction of sp³-hybridized carbons (Fsp3) is 0.176. The van der Waals surface area contributed by atoms with Crippen molar-refractivity contribution in [1.82, 2.24) is 9.97 Å². The lowest BCUT2D eigenvalue weighted by atomic mass is 10.0. The predicted molar refractivity (Wildman–Crippen MR) is 98.5 cm³/mol. The molecular formula is C17H19N5O4. The van der Waals surface area contributed by atoms with Crippen LogP contribution in [0.25, 0.3) is 6.08 Å². The highest BCUT2D eigenvalue weighted by Gasteiger charge is 2.15. The number of hydrogen-bond donors (Lipinski definition) is 5. The molecular weight excluding hydrogens is 338 g/mol. The first-order valence-corrected chi connectivity index (χ1v) is 7.73. The second-order valence-electron chi connectivity index (χ2n) is 5.59. The van der Waals surface area contributed by atoms with E-state index < -0.39 is 17.4 Å². The minimum Gasteiger partial charge on any atom is -0.478 e. The molecule has 0 aliphatic heterocycles. The van der Waals surface area contributed by atoms with Gasteiger partial charge < -0.3 is 26.7 Å². The molecule has 1 aromatic heterocycles. The maximum absolute atomic E-state index is 11.9. The van der Waals surface area contributed by atoms with Crippen molar-refractivity contribution in [2.45, 2.75) is 6.42 Å². The van der Waals surface area contributed by atoms with E-state index in [1.54, 1.807) is 24.3 Å². The molecule has 2 rings (SSSR count). The number of aldehydes is 1. The van der Waals surface area contributed by atoms with Crippen molar-refractivity contribution in [2.75, 3.05) is 23.3 Å². The van der Waals surface area contributed by atoms with Crippen molar-refractivity contribution < 1.29 is 14.7 Å². The molecule has 0 spiro atoms. The van der Waals surface area contributed by atoms with Crippen LogP contribution < -0.4 is 22.3 Å². The quantitative estimate of drug-likeness (QED) is 0.336. The highest BCUT2D eigenvalue weighted by Crippen LogP contribution is 2.14. The number of aliphatic carboxylic acids is 1.